The molecule has 0 aromatic heterocycles. The van der Waals surface area contributed by atoms with Gasteiger partial charge in [0, 0.05) is 6.04 Å². The number of nitrogens with two attached hydrogens (primary N) is 1. The first-order valence-corrected chi connectivity index (χ1v) is 3.37. The number of aliphatic hydroxyl groups excluding tert-OH is 1. The van der Waals surface area contributed by atoms with E-state index in [-0.39, 0.29) is 12.6 Å². The molecule has 0 aliphatic heterocycles. The normalized spacial score (nSPS) is 12.3. The third-order valence-corrected chi connectivity index (χ3v) is 0.288. The standard InChI is InChI=1S/C4H10.C3H9NO/c1-4(2)3;1-3(4)2-5/h4H,1-3H3;3,5H,2,4H2,1H3. The van der Waals surface area contributed by atoms with Gasteiger partial charge in [0.1, 0.15) is 0 Å². The molecule has 0 saturated carbocycles. The van der Waals surface area contributed by atoms with Crippen LogP contribution in [0.15, 0.2) is 0 Å². The van der Waals surface area contributed by atoms with E-state index in [0.717, 1.165) is 5.92 Å². The van der Waals surface area contributed by atoms with Crippen LogP contribution in [0, 0.1) is 5.92 Å². The summed E-state index contributed by atoms with van der Waals surface area (Å²) in [5.74, 6) is 0.833. The summed E-state index contributed by atoms with van der Waals surface area (Å²) >= 11 is 0. The fourth-order valence-corrected chi connectivity index (χ4v) is 0. The Morgan fingerprint density at radius 2 is 1.33 bits per heavy atom. The Hall–Kier alpha value is -0.0800. The molecule has 2 nitrogen and oxygen atoms in total. The number of rotatable bonds is 1. The van der Waals surface area contributed by atoms with Gasteiger partial charge in [0.15, 0.2) is 0 Å². The molecule has 0 bridgehead atoms. The summed E-state index contributed by atoms with van der Waals surface area (Å²) in [7, 11) is 0. The molecule has 58 valence electrons. The van der Waals surface area contributed by atoms with Crippen LogP contribution in [0.2, 0.25) is 0 Å². The van der Waals surface area contributed by atoms with Crippen LogP contribution in [-0.2, 0) is 0 Å². The van der Waals surface area contributed by atoms with Crippen LogP contribution in [-0.4, -0.2) is 17.8 Å². The van der Waals surface area contributed by atoms with Crippen LogP contribution in [0.5, 0.6) is 0 Å². The molecular weight excluding hydrogens is 114 g/mol. The Balaban J connectivity index is 0. The Bertz CT molecular complexity index is 41.4. The molecule has 1 atom stereocenters. The van der Waals surface area contributed by atoms with E-state index in [2.05, 4.69) is 20.8 Å². The average Bonchev–Trinajstić information content (AvgIpc) is 1.65. The second-order valence-electron chi connectivity index (χ2n) is 2.89. The lowest BCUT2D eigenvalue weighted by Crippen LogP contribution is -2.18. The van der Waals surface area contributed by atoms with Gasteiger partial charge >= 0.3 is 0 Å². The van der Waals surface area contributed by atoms with Gasteiger partial charge in [-0.3, -0.25) is 0 Å². The third kappa shape index (κ3) is 75.3. The molecule has 3 N–H and O–H groups in total. The van der Waals surface area contributed by atoms with E-state index in [9.17, 15) is 0 Å². The zero-order chi connectivity index (χ0) is 7.86. The first-order chi connectivity index (χ1) is 4.00. The highest BCUT2D eigenvalue weighted by molar-refractivity contribution is 4.43. The summed E-state index contributed by atoms with van der Waals surface area (Å²) in [4.78, 5) is 0. The SMILES string of the molecule is CC(C)C.CC(N)CO. The fourth-order valence-electron chi connectivity index (χ4n) is 0. The van der Waals surface area contributed by atoms with Crippen molar-refractivity contribution in [2.45, 2.75) is 33.7 Å². The Kier molecular flexibility index (Phi) is 10.3. The van der Waals surface area contributed by atoms with Crippen molar-refractivity contribution < 1.29 is 5.11 Å². The van der Waals surface area contributed by atoms with Gasteiger partial charge in [0.05, 0.1) is 6.61 Å². The summed E-state index contributed by atoms with van der Waals surface area (Å²) in [5.41, 5.74) is 5.04. The van der Waals surface area contributed by atoms with Crippen LogP contribution >= 0.6 is 0 Å². The molecule has 0 aliphatic rings. The molecular formula is C7H19NO. The van der Waals surface area contributed by atoms with Crippen molar-refractivity contribution in [3.8, 4) is 0 Å². The summed E-state index contributed by atoms with van der Waals surface area (Å²) in [6, 6.07) is -0.0602. The van der Waals surface area contributed by atoms with Gasteiger partial charge in [-0.2, -0.15) is 0 Å². The highest BCUT2D eigenvalue weighted by atomic mass is 16.3. The minimum atomic E-state index is -0.0602. The highest BCUT2D eigenvalue weighted by Crippen LogP contribution is 1.81. The monoisotopic (exact) mass is 133 g/mol. The molecule has 0 aliphatic carbocycles. The first kappa shape index (κ1) is 11.7. The van der Waals surface area contributed by atoms with E-state index < -0.39 is 0 Å². The number of hydrogen-bond acceptors (Lipinski definition) is 2. The highest BCUT2D eigenvalue weighted by Gasteiger charge is 1.81. The predicted molar refractivity (Wildman–Crippen MR) is 41.2 cm³/mol. The van der Waals surface area contributed by atoms with Crippen molar-refractivity contribution in [3.63, 3.8) is 0 Å². The van der Waals surface area contributed by atoms with Gasteiger partial charge in [-0.25, -0.2) is 0 Å². The van der Waals surface area contributed by atoms with Gasteiger partial charge in [-0.1, -0.05) is 20.8 Å². The molecule has 0 spiro atoms. The van der Waals surface area contributed by atoms with Gasteiger partial charge in [-0.15, -0.1) is 0 Å². The van der Waals surface area contributed by atoms with Crippen molar-refractivity contribution in [2.75, 3.05) is 6.61 Å². The molecule has 0 heterocycles. The Morgan fingerprint density at radius 3 is 1.33 bits per heavy atom. The predicted octanol–water partition coefficient (Wildman–Crippen LogP) is 0.988. The lowest BCUT2D eigenvalue weighted by atomic mass is 10.3. The molecule has 2 heteroatoms. The van der Waals surface area contributed by atoms with Crippen LogP contribution in [0.25, 0.3) is 0 Å². The molecule has 0 saturated heterocycles. The number of hydrogen-bond donors (Lipinski definition) is 2. The molecule has 0 amide bonds. The molecule has 0 aromatic carbocycles. The largest absolute Gasteiger partial charge is 0.395 e. The minimum Gasteiger partial charge on any atom is -0.395 e. The van der Waals surface area contributed by atoms with Gasteiger partial charge < -0.3 is 10.8 Å². The topological polar surface area (TPSA) is 46.2 Å². The smallest absolute Gasteiger partial charge is 0.0579 e. The summed E-state index contributed by atoms with van der Waals surface area (Å²) in [5, 5.41) is 8.02. The van der Waals surface area contributed by atoms with Crippen molar-refractivity contribution in [3.05, 3.63) is 0 Å². The second kappa shape index (κ2) is 7.92. The van der Waals surface area contributed by atoms with Crippen LogP contribution in [0.1, 0.15) is 27.7 Å². The number of aliphatic hydroxyl groups is 1. The van der Waals surface area contributed by atoms with Crippen molar-refractivity contribution >= 4 is 0 Å². The molecule has 9 heavy (non-hydrogen) atoms. The van der Waals surface area contributed by atoms with Crippen molar-refractivity contribution in [1.82, 2.24) is 0 Å². The first-order valence-electron chi connectivity index (χ1n) is 3.37. The zero-order valence-electron chi connectivity index (χ0n) is 6.89. The van der Waals surface area contributed by atoms with E-state index in [4.69, 9.17) is 10.8 Å². The van der Waals surface area contributed by atoms with Gasteiger partial charge in [-0.05, 0) is 12.8 Å². The lowest BCUT2D eigenvalue weighted by molar-refractivity contribution is 0.273. The van der Waals surface area contributed by atoms with E-state index in [0.29, 0.717) is 0 Å². The van der Waals surface area contributed by atoms with E-state index in [1.54, 1.807) is 6.92 Å². The zero-order valence-corrected chi connectivity index (χ0v) is 6.89. The third-order valence-electron chi connectivity index (χ3n) is 0.288. The molecule has 0 radical (unpaired) electrons. The summed E-state index contributed by atoms with van der Waals surface area (Å²) in [6.45, 7) is 8.33. The molecule has 1 unspecified atom stereocenters. The Morgan fingerprint density at radius 1 is 1.22 bits per heavy atom. The van der Waals surface area contributed by atoms with E-state index in [1.165, 1.54) is 0 Å². The van der Waals surface area contributed by atoms with Crippen LogP contribution < -0.4 is 5.73 Å². The van der Waals surface area contributed by atoms with Crippen molar-refractivity contribution in [2.24, 2.45) is 11.7 Å². The molecule has 0 aromatic rings. The van der Waals surface area contributed by atoms with Crippen LogP contribution in [0.4, 0.5) is 0 Å². The minimum absolute atomic E-state index is 0.0602. The van der Waals surface area contributed by atoms with E-state index in [1.807, 2.05) is 0 Å². The summed E-state index contributed by atoms with van der Waals surface area (Å²) < 4.78 is 0. The second-order valence-corrected chi connectivity index (χ2v) is 2.89. The Labute approximate surface area is 58.1 Å². The van der Waals surface area contributed by atoms with Crippen LogP contribution in [0.3, 0.4) is 0 Å². The fraction of sp³-hybridized carbons (Fsp3) is 1.00. The van der Waals surface area contributed by atoms with Crippen molar-refractivity contribution in [1.29, 1.82) is 0 Å². The average molecular weight is 133 g/mol. The maximum absolute atomic E-state index is 8.02. The lowest BCUT2D eigenvalue weighted by Gasteiger charge is -1.91. The van der Waals surface area contributed by atoms with E-state index >= 15 is 0 Å². The summed E-state index contributed by atoms with van der Waals surface area (Å²) in [6.07, 6.45) is 0. The molecule has 0 rings (SSSR count). The molecule has 0 fully saturated rings. The quantitative estimate of drug-likeness (QED) is 0.560. The maximum Gasteiger partial charge on any atom is 0.0579 e. The van der Waals surface area contributed by atoms with Gasteiger partial charge in [0.25, 0.3) is 0 Å². The van der Waals surface area contributed by atoms with Gasteiger partial charge in [0.2, 0.25) is 0 Å². The maximum atomic E-state index is 8.02.